The number of phenols is 1. The molecule has 0 saturated carbocycles. The van der Waals surface area contributed by atoms with E-state index in [1.54, 1.807) is 12.1 Å². The van der Waals surface area contributed by atoms with Gasteiger partial charge in [-0.15, -0.1) is 0 Å². The van der Waals surface area contributed by atoms with Crippen LogP contribution in [0, 0.1) is 6.92 Å². The van der Waals surface area contributed by atoms with Gasteiger partial charge in [0, 0.05) is 0 Å². The zero-order valence-electron chi connectivity index (χ0n) is 15.6. The van der Waals surface area contributed by atoms with Crippen LogP contribution >= 0.6 is 11.8 Å². The van der Waals surface area contributed by atoms with Crippen molar-refractivity contribution in [1.82, 2.24) is 5.32 Å². The van der Waals surface area contributed by atoms with Crippen molar-refractivity contribution in [3.63, 3.8) is 0 Å². The molecule has 1 aliphatic heterocycles. The number of aliphatic imine (C=N–C) groups is 1. The molecule has 0 aromatic heterocycles. The van der Waals surface area contributed by atoms with Crippen molar-refractivity contribution in [2.75, 3.05) is 0 Å². The van der Waals surface area contributed by atoms with E-state index in [1.165, 1.54) is 11.8 Å². The van der Waals surface area contributed by atoms with E-state index in [2.05, 4.69) is 10.3 Å². The molecule has 0 bridgehead atoms. The fourth-order valence-corrected chi connectivity index (χ4v) is 3.48. The van der Waals surface area contributed by atoms with Crippen LogP contribution in [0.4, 0.5) is 5.69 Å². The van der Waals surface area contributed by atoms with Crippen molar-refractivity contribution in [1.29, 1.82) is 0 Å². The summed E-state index contributed by atoms with van der Waals surface area (Å²) in [4.78, 5) is 17.4. The Kier molecular flexibility index (Phi) is 5.81. The molecule has 0 radical (unpaired) electrons. The van der Waals surface area contributed by atoms with Crippen LogP contribution in [0.5, 0.6) is 5.75 Å². The summed E-state index contributed by atoms with van der Waals surface area (Å²) in [6.07, 6.45) is 5.61. The standard InChI is InChI=1S/C22H22N2O2S/c1-14(2)17-13-18(15(3)12-19(17)25)23-22-24-21(26)20(27-22)11-7-10-16-8-5-4-6-9-16/h4-14,25H,1-3H3,(H,23,24,26)/b10-7+,20-11-. The Morgan fingerprint density at radius 3 is 2.63 bits per heavy atom. The van der Waals surface area contributed by atoms with Gasteiger partial charge in [0.1, 0.15) is 5.75 Å². The number of amides is 1. The Morgan fingerprint density at radius 2 is 1.93 bits per heavy atom. The molecule has 3 rings (SSSR count). The van der Waals surface area contributed by atoms with Gasteiger partial charge in [0.05, 0.1) is 10.6 Å². The maximum absolute atomic E-state index is 12.2. The molecule has 1 aliphatic rings. The maximum Gasteiger partial charge on any atom is 0.264 e. The lowest BCUT2D eigenvalue weighted by Gasteiger charge is -2.11. The molecule has 0 aliphatic carbocycles. The number of hydrogen-bond donors (Lipinski definition) is 2. The first-order valence-electron chi connectivity index (χ1n) is 8.79. The van der Waals surface area contributed by atoms with Crippen molar-refractivity contribution in [2.45, 2.75) is 26.7 Å². The third kappa shape index (κ3) is 4.68. The van der Waals surface area contributed by atoms with Gasteiger partial charge in [0.15, 0.2) is 5.17 Å². The Balaban J connectivity index is 1.80. The molecule has 0 spiro atoms. The number of carbonyl (C=O) groups is 1. The van der Waals surface area contributed by atoms with Crippen LogP contribution < -0.4 is 5.32 Å². The zero-order chi connectivity index (χ0) is 19.4. The normalized spacial score (nSPS) is 17.4. The summed E-state index contributed by atoms with van der Waals surface area (Å²) in [7, 11) is 0. The average molecular weight is 378 g/mol. The van der Waals surface area contributed by atoms with Crippen molar-refractivity contribution in [3.8, 4) is 5.75 Å². The topological polar surface area (TPSA) is 61.7 Å². The number of rotatable bonds is 4. The second-order valence-corrected chi connectivity index (χ2v) is 7.66. The highest BCUT2D eigenvalue weighted by Gasteiger charge is 2.23. The summed E-state index contributed by atoms with van der Waals surface area (Å²) < 4.78 is 0. The van der Waals surface area contributed by atoms with Gasteiger partial charge in [-0.05, 0) is 59.5 Å². The van der Waals surface area contributed by atoms with E-state index < -0.39 is 0 Å². The first-order valence-corrected chi connectivity index (χ1v) is 9.60. The Bertz CT molecular complexity index is 944. The van der Waals surface area contributed by atoms with E-state index in [-0.39, 0.29) is 17.6 Å². The molecule has 4 nitrogen and oxygen atoms in total. The van der Waals surface area contributed by atoms with Crippen molar-refractivity contribution < 1.29 is 9.90 Å². The lowest BCUT2D eigenvalue weighted by Crippen LogP contribution is -2.19. The van der Waals surface area contributed by atoms with Gasteiger partial charge in [0.2, 0.25) is 0 Å². The van der Waals surface area contributed by atoms with Gasteiger partial charge in [0.25, 0.3) is 5.91 Å². The average Bonchev–Trinajstić information content (AvgIpc) is 2.97. The molecule has 2 aromatic rings. The molecule has 0 unspecified atom stereocenters. The van der Waals surface area contributed by atoms with Crippen LogP contribution in [0.3, 0.4) is 0 Å². The zero-order valence-corrected chi connectivity index (χ0v) is 16.4. The fraction of sp³-hybridized carbons (Fsp3) is 0.182. The number of amidine groups is 1. The summed E-state index contributed by atoms with van der Waals surface area (Å²) in [5.41, 5.74) is 3.53. The van der Waals surface area contributed by atoms with Crippen LogP contribution in [0.15, 0.2) is 64.5 Å². The number of nitrogens with zero attached hydrogens (tertiary/aromatic N) is 1. The van der Waals surface area contributed by atoms with Gasteiger partial charge >= 0.3 is 0 Å². The van der Waals surface area contributed by atoms with E-state index in [1.807, 2.05) is 69.3 Å². The van der Waals surface area contributed by atoms with Crippen LogP contribution in [0.2, 0.25) is 0 Å². The lowest BCUT2D eigenvalue weighted by molar-refractivity contribution is -0.115. The van der Waals surface area contributed by atoms with Crippen LogP contribution in [0.25, 0.3) is 6.08 Å². The quantitative estimate of drug-likeness (QED) is 0.712. The predicted octanol–water partition coefficient (Wildman–Crippen LogP) is 5.27. The van der Waals surface area contributed by atoms with Gasteiger partial charge in [-0.1, -0.05) is 56.3 Å². The van der Waals surface area contributed by atoms with Crippen molar-refractivity contribution in [2.24, 2.45) is 4.99 Å². The van der Waals surface area contributed by atoms with Gasteiger partial charge < -0.3 is 10.4 Å². The molecule has 1 fully saturated rings. The fourth-order valence-electron chi connectivity index (χ4n) is 2.70. The molecular formula is C22H22N2O2S. The molecule has 0 atom stereocenters. The highest BCUT2D eigenvalue weighted by Crippen LogP contribution is 2.34. The summed E-state index contributed by atoms with van der Waals surface area (Å²) in [6, 6.07) is 13.5. The Morgan fingerprint density at radius 1 is 1.19 bits per heavy atom. The molecule has 5 heteroatoms. The van der Waals surface area contributed by atoms with Gasteiger partial charge in [-0.2, -0.15) is 0 Å². The van der Waals surface area contributed by atoms with Crippen molar-refractivity contribution >= 4 is 34.6 Å². The third-order valence-electron chi connectivity index (χ3n) is 4.18. The molecule has 1 saturated heterocycles. The molecule has 27 heavy (non-hydrogen) atoms. The highest BCUT2D eigenvalue weighted by molar-refractivity contribution is 8.18. The molecular weight excluding hydrogens is 356 g/mol. The van der Waals surface area contributed by atoms with Gasteiger partial charge in [-0.25, -0.2) is 4.99 Å². The number of aromatic hydroxyl groups is 1. The van der Waals surface area contributed by atoms with E-state index in [0.29, 0.717) is 10.1 Å². The second kappa shape index (κ2) is 8.27. The van der Waals surface area contributed by atoms with Crippen LogP contribution in [-0.4, -0.2) is 16.2 Å². The molecule has 2 N–H and O–H groups in total. The summed E-state index contributed by atoms with van der Waals surface area (Å²) in [5, 5.41) is 13.4. The summed E-state index contributed by atoms with van der Waals surface area (Å²) in [5.74, 6) is 0.312. The number of phenolic OH excluding ortho intramolecular Hbond substituents is 1. The summed E-state index contributed by atoms with van der Waals surface area (Å²) >= 11 is 1.31. The molecule has 1 heterocycles. The molecule has 138 valence electrons. The number of thioether (sulfide) groups is 1. The monoisotopic (exact) mass is 378 g/mol. The van der Waals surface area contributed by atoms with Crippen LogP contribution in [-0.2, 0) is 4.79 Å². The van der Waals surface area contributed by atoms with E-state index in [4.69, 9.17) is 0 Å². The number of carbonyl (C=O) groups excluding carboxylic acids is 1. The molecule has 2 aromatic carbocycles. The van der Waals surface area contributed by atoms with Gasteiger partial charge in [-0.3, -0.25) is 4.79 Å². The minimum absolute atomic E-state index is 0.156. The van der Waals surface area contributed by atoms with E-state index in [9.17, 15) is 9.90 Å². The van der Waals surface area contributed by atoms with E-state index in [0.717, 1.165) is 22.4 Å². The maximum atomic E-state index is 12.2. The first kappa shape index (κ1) is 19.0. The highest BCUT2D eigenvalue weighted by atomic mass is 32.2. The number of hydrogen-bond acceptors (Lipinski definition) is 4. The smallest absolute Gasteiger partial charge is 0.264 e. The second-order valence-electron chi connectivity index (χ2n) is 6.63. The minimum atomic E-state index is -0.156. The number of aryl methyl sites for hydroxylation is 1. The molecule has 1 amide bonds. The number of allylic oxidation sites excluding steroid dienone is 2. The SMILES string of the molecule is Cc1cc(O)c(C(C)C)cc1N=C1NC(=O)/C(=C/C=C/c2ccccc2)S1. The van der Waals surface area contributed by atoms with Crippen LogP contribution in [0.1, 0.15) is 36.5 Å². The third-order valence-corrected chi connectivity index (χ3v) is 5.10. The Labute approximate surface area is 163 Å². The minimum Gasteiger partial charge on any atom is -0.508 e. The number of benzene rings is 2. The largest absolute Gasteiger partial charge is 0.508 e. The predicted molar refractivity (Wildman–Crippen MR) is 113 cm³/mol. The van der Waals surface area contributed by atoms with E-state index >= 15 is 0 Å². The number of nitrogens with one attached hydrogen (secondary N) is 1. The Hall–Kier alpha value is -2.79. The summed E-state index contributed by atoms with van der Waals surface area (Å²) in [6.45, 7) is 5.94. The first-order chi connectivity index (χ1) is 12.9. The van der Waals surface area contributed by atoms with Crippen molar-refractivity contribution in [3.05, 3.63) is 76.2 Å². The lowest BCUT2D eigenvalue weighted by atomic mass is 9.99.